The topological polar surface area (TPSA) is 133 Å². The number of thioether (sulfide) groups is 1. The van der Waals surface area contributed by atoms with Gasteiger partial charge in [-0.1, -0.05) is 13.8 Å². The van der Waals surface area contributed by atoms with Crippen molar-refractivity contribution in [1.82, 2.24) is 44.0 Å². The van der Waals surface area contributed by atoms with E-state index in [9.17, 15) is 23.2 Å². The molecule has 0 aliphatic carbocycles. The van der Waals surface area contributed by atoms with Crippen LogP contribution in [0.15, 0.2) is 53.9 Å². The fourth-order valence-electron chi connectivity index (χ4n) is 6.64. The molecule has 14 nitrogen and oxygen atoms in total. The molecule has 53 heavy (non-hydrogen) atoms. The summed E-state index contributed by atoms with van der Waals surface area (Å²) in [6, 6.07) is 6.56. The van der Waals surface area contributed by atoms with Gasteiger partial charge in [-0.2, -0.15) is 19.0 Å². The monoisotopic (exact) mass is 752 g/mol. The van der Waals surface area contributed by atoms with Crippen molar-refractivity contribution in [2.75, 3.05) is 71.8 Å². The van der Waals surface area contributed by atoms with Gasteiger partial charge in [0.2, 0.25) is 11.8 Å². The van der Waals surface area contributed by atoms with E-state index < -0.39 is 12.5 Å². The molecule has 284 valence electrons. The van der Waals surface area contributed by atoms with E-state index >= 15 is 0 Å². The molecule has 6 rings (SSSR count). The Balaban J connectivity index is 1.15. The first-order valence-corrected chi connectivity index (χ1v) is 18.7. The number of alkyl halides is 2. The molecule has 3 amide bonds. The molecule has 2 saturated heterocycles. The maximum Gasteiger partial charge on any atom is 0.387 e. The van der Waals surface area contributed by atoms with Crippen LogP contribution in [0.2, 0.25) is 0 Å². The van der Waals surface area contributed by atoms with Gasteiger partial charge in [-0.15, -0.1) is 11.8 Å². The molecule has 2 aliphatic heterocycles. The molecule has 0 radical (unpaired) electrons. The van der Waals surface area contributed by atoms with E-state index in [2.05, 4.69) is 30.3 Å². The first kappa shape index (κ1) is 38.1. The normalized spacial score (nSPS) is 16.1. The molecule has 3 aromatic heterocycles. The Labute approximate surface area is 311 Å². The molecule has 5 heterocycles. The maximum absolute atomic E-state index is 13.6. The molecule has 1 N–H and O–H groups in total. The van der Waals surface area contributed by atoms with Gasteiger partial charge in [0.1, 0.15) is 23.6 Å². The number of carbonyl (C=O) groups is 3. The first-order chi connectivity index (χ1) is 25.4. The highest BCUT2D eigenvalue weighted by molar-refractivity contribution is 7.99. The summed E-state index contributed by atoms with van der Waals surface area (Å²) < 4.78 is 35.0. The van der Waals surface area contributed by atoms with Crippen LogP contribution >= 0.6 is 11.8 Å². The fourth-order valence-corrected chi connectivity index (χ4v) is 7.52. The minimum atomic E-state index is -3.09. The van der Waals surface area contributed by atoms with Crippen molar-refractivity contribution in [1.29, 1.82) is 0 Å². The average Bonchev–Trinajstić information content (AvgIpc) is 3.73. The van der Waals surface area contributed by atoms with Crippen molar-refractivity contribution in [3.05, 3.63) is 54.6 Å². The molecule has 0 spiro atoms. The second-order valence-corrected chi connectivity index (χ2v) is 15.5. The van der Waals surface area contributed by atoms with Gasteiger partial charge in [0.15, 0.2) is 5.65 Å². The van der Waals surface area contributed by atoms with Gasteiger partial charge in [0.05, 0.1) is 18.4 Å². The standard InChI is InChI=1S/C36H46F2N10O4S/c1-24(2)53-26-6-7-30(52-36(37)38)27(18-26)33-29(41-35(51)28-19-40-48-11-5-10-39-34(28)48)21-47(42-33)23-32(50)46-12-8-25(9-13-46)20-44-14-16-45(17-15-44)22-31(49)43(3)4/h5-7,10-11,18-19,21,24-25,36H,8-9,12-17,20,22-23H2,1-4H3,(H,41,51). The van der Waals surface area contributed by atoms with Crippen molar-refractivity contribution < 1.29 is 27.9 Å². The summed E-state index contributed by atoms with van der Waals surface area (Å²) >= 11 is 1.54. The predicted molar refractivity (Wildman–Crippen MR) is 197 cm³/mol. The van der Waals surface area contributed by atoms with Gasteiger partial charge in [-0.05, 0) is 43.0 Å². The van der Waals surface area contributed by atoms with E-state index in [0.717, 1.165) is 50.5 Å². The Morgan fingerprint density at radius 3 is 2.47 bits per heavy atom. The third-order valence-electron chi connectivity index (χ3n) is 9.43. The zero-order valence-electron chi connectivity index (χ0n) is 30.5. The number of likely N-dealkylation sites (tertiary alicyclic amines) is 1. The lowest BCUT2D eigenvalue weighted by Crippen LogP contribution is -2.51. The third kappa shape index (κ3) is 9.69. The summed E-state index contributed by atoms with van der Waals surface area (Å²) in [6.45, 7) is 7.02. The molecule has 0 bridgehead atoms. The molecule has 0 unspecified atom stereocenters. The molecule has 0 saturated carbocycles. The van der Waals surface area contributed by atoms with Gasteiger partial charge >= 0.3 is 6.61 Å². The lowest BCUT2D eigenvalue weighted by molar-refractivity contribution is -0.133. The lowest BCUT2D eigenvalue weighted by Gasteiger charge is -2.38. The van der Waals surface area contributed by atoms with Crippen LogP contribution in [0.1, 0.15) is 37.0 Å². The Bertz CT molecular complexity index is 1900. The Hall–Kier alpha value is -4.61. The summed E-state index contributed by atoms with van der Waals surface area (Å²) in [5, 5.41) is 11.9. The minimum absolute atomic E-state index is 0.106. The third-order valence-corrected chi connectivity index (χ3v) is 10.4. The van der Waals surface area contributed by atoms with Crippen molar-refractivity contribution in [2.45, 2.75) is 50.0 Å². The molecule has 0 atom stereocenters. The zero-order valence-corrected chi connectivity index (χ0v) is 31.3. The van der Waals surface area contributed by atoms with Crippen LogP contribution < -0.4 is 10.1 Å². The van der Waals surface area contributed by atoms with Gasteiger partial charge in [0.25, 0.3) is 5.91 Å². The van der Waals surface area contributed by atoms with Gasteiger partial charge in [-0.3, -0.25) is 24.0 Å². The number of nitrogens with one attached hydrogen (secondary N) is 1. The van der Waals surface area contributed by atoms with Crippen LogP contribution in [0, 0.1) is 5.92 Å². The van der Waals surface area contributed by atoms with E-state index in [4.69, 9.17) is 4.74 Å². The minimum Gasteiger partial charge on any atom is -0.434 e. The number of piperidine rings is 1. The van der Waals surface area contributed by atoms with Gasteiger partial charge in [0, 0.05) is 94.2 Å². The number of likely N-dealkylation sites (N-methyl/N-ethyl adjacent to an activating group) is 1. The second kappa shape index (κ2) is 17.0. The Kier molecular flexibility index (Phi) is 12.2. The average molecular weight is 753 g/mol. The Morgan fingerprint density at radius 2 is 1.77 bits per heavy atom. The van der Waals surface area contributed by atoms with Crippen molar-refractivity contribution in [3.63, 3.8) is 0 Å². The molecule has 2 fully saturated rings. The number of benzene rings is 1. The lowest BCUT2D eigenvalue weighted by atomic mass is 9.96. The van der Waals surface area contributed by atoms with Crippen LogP contribution in [0.5, 0.6) is 5.75 Å². The Morgan fingerprint density at radius 1 is 1.04 bits per heavy atom. The predicted octanol–water partition coefficient (Wildman–Crippen LogP) is 3.89. The number of nitrogens with zero attached hydrogens (tertiary/aromatic N) is 9. The van der Waals surface area contributed by atoms with Crippen LogP contribution in [-0.2, 0) is 16.1 Å². The molecule has 4 aromatic rings. The van der Waals surface area contributed by atoms with E-state index in [1.807, 2.05) is 18.7 Å². The quantitative estimate of drug-likeness (QED) is 0.201. The van der Waals surface area contributed by atoms with Crippen LogP contribution in [0.3, 0.4) is 0 Å². The number of anilines is 1. The number of fused-ring (bicyclic) bond motifs is 1. The summed E-state index contributed by atoms with van der Waals surface area (Å²) in [4.78, 5) is 52.5. The molecular weight excluding hydrogens is 707 g/mol. The zero-order chi connectivity index (χ0) is 37.6. The van der Waals surface area contributed by atoms with Gasteiger partial charge in [-0.25, -0.2) is 9.50 Å². The van der Waals surface area contributed by atoms with Gasteiger partial charge < -0.3 is 24.8 Å². The highest BCUT2D eigenvalue weighted by Crippen LogP contribution is 2.39. The number of carbonyl (C=O) groups excluding carboxylic acids is 3. The number of hydrogen-bond donors (Lipinski definition) is 1. The molecular formula is C36H46F2N10O4S. The number of piperazine rings is 1. The summed E-state index contributed by atoms with van der Waals surface area (Å²) in [6.07, 6.45) is 7.90. The summed E-state index contributed by atoms with van der Waals surface area (Å²) in [5.41, 5.74) is 1.20. The number of hydrogen-bond acceptors (Lipinski definition) is 10. The van der Waals surface area contributed by atoms with Crippen molar-refractivity contribution >= 4 is 40.8 Å². The van der Waals surface area contributed by atoms with E-state index in [1.165, 1.54) is 27.7 Å². The maximum atomic E-state index is 13.6. The number of amides is 3. The summed E-state index contributed by atoms with van der Waals surface area (Å²) in [5.74, 6) is -0.187. The van der Waals surface area contributed by atoms with Crippen molar-refractivity contribution in [3.8, 4) is 17.0 Å². The van der Waals surface area contributed by atoms with Crippen LogP contribution in [0.25, 0.3) is 16.9 Å². The first-order valence-electron chi connectivity index (χ1n) is 17.8. The number of halogens is 2. The SMILES string of the molecule is CC(C)Sc1ccc(OC(F)F)c(-c2nn(CC(=O)N3CCC(CN4CCN(CC(=O)N(C)C)CC4)CC3)cc2NC(=O)c2cnn3cccnc23)c1. The number of aromatic nitrogens is 5. The largest absolute Gasteiger partial charge is 0.434 e. The van der Waals surface area contributed by atoms with E-state index in [0.29, 0.717) is 31.2 Å². The fraction of sp³-hybridized carbons (Fsp3) is 0.500. The van der Waals surface area contributed by atoms with Crippen LogP contribution in [-0.4, -0.2) is 140 Å². The van der Waals surface area contributed by atoms with E-state index in [-0.39, 0.29) is 51.9 Å². The summed E-state index contributed by atoms with van der Waals surface area (Å²) in [7, 11) is 3.56. The van der Waals surface area contributed by atoms with E-state index in [1.54, 1.807) is 61.3 Å². The molecule has 1 aromatic carbocycles. The number of rotatable bonds is 13. The molecule has 17 heteroatoms. The smallest absolute Gasteiger partial charge is 0.387 e. The number of ether oxygens (including phenoxy) is 1. The van der Waals surface area contributed by atoms with Crippen LogP contribution in [0.4, 0.5) is 14.5 Å². The second-order valence-electron chi connectivity index (χ2n) is 13.9. The highest BCUT2D eigenvalue weighted by atomic mass is 32.2. The van der Waals surface area contributed by atoms with Crippen molar-refractivity contribution in [2.24, 2.45) is 5.92 Å². The highest BCUT2D eigenvalue weighted by Gasteiger charge is 2.28. The molecule has 2 aliphatic rings.